The number of alkyl carbamates (subject to hydrolysis) is 1. The van der Waals surface area contributed by atoms with E-state index in [4.69, 9.17) is 10.00 Å². The van der Waals surface area contributed by atoms with Crippen molar-refractivity contribution in [1.29, 1.82) is 5.26 Å². The number of amides is 1. The van der Waals surface area contributed by atoms with E-state index in [0.717, 1.165) is 12.8 Å². The molecule has 1 aliphatic rings. The molecule has 1 atom stereocenters. The van der Waals surface area contributed by atoms with Crippen molar-refractivity contribution in [2.45, 2.75) is 52.1 Å². The lowest BCUT2D eigenvalue weighted by Gasteiger charge is -2.21. The van der Waals surface area contributed by atoms with Crippen molar-refractivity contribution in [3.8, 4) is 6.07 Å². The average Bonchev–Trinajstić information content (AvgIpc) is 2.69. The Morgan fingerprint density at radius 1 is 1.47 bits per heavy atom. The highest BCUT2D eigenvalue weighted by Gasteiger charge is 2.26. The highest BCUT2D eigenvalue weighted by atomic mass is 16.6. The quantitative estimate of drug-likeness (QED) is 0.822. The number of carbonyl (C=O) groups is 1. The maximum Gasteiger partial charge on any atom is 0.407 e. The first kappa shape index (κ1) is 13.8. The van der Waals surface area contributed by atoms with Gasteiger partial charge in [0.25, 0.3) is 0 Å². The number of hydrogen-bond donors (Lipinski definition) is 1. The fourth-order valence-corrected chi connectivity index (χ4v) is 2.18. The summed E-state index contributed by atoms with van der Waals surface area (Å²) in [6.07, 6.45) is 4.18. The molecule has 1 unspecified atom stereocenters. The van der Waals surface area contributed by atoms with E-state index in [1.54, 1.807) is 0 Å². The van der Waals surface area contributed by atoms with Crippen molar-refractivity contribution in [1.82, 2.24) is 5.32 Å². The Hall–Kier alpha value is -1.24. The van der Waals surface area contributed by atoms with Gasteiger partial charge in [0.15, 0.2) is 0 Å². The Morgan fingerprint density at radius 2 is 2.06 bits per heavy atom. The number of ether oxygens (including phenoxy) is 1. The molecule has 1 aliphatic carbocycles. The molecule has 0 heterocycles. The molecule has 1 saturated carbocycles. The number of rotatable bonds is 3. The maximum absolute atomic E-state index is 11.5. The van der Waals surface area contributed by atoms with Crippen LogP contribution in [-0.2, 0) is 4.74 Å². The number of nitriles is 1. The lowest BCUT2D eigenvalue weighted by Crippen LogP contribution is -2.36. The van der Waals surface area contributed by atoms with E-state index in [9.17, 15) is 4.79 Å². The molecule has 0 saturated heterocycles. The Bertz CT molecular complexity index is 296. The Kier molecular flexibility index (Phi) is 4.80. The summed E-state index contributed by atoms with van der Waals surface area (Å²) in [5.74, 6) is 0.361. The molecule has 0 aromatic rings. The van der Waals surface area contributed by atoms with E-state index in [1.165, 1.54) is 12.8 Å². The summed E-state index contributed by atoms with van der Waals surface area (Å²) in [6.45, 7) is 5.87. The van der Waals surface area contributed by atoms with Crippen molar-refractivity contribution in [2.75, 3.05) is 6.54 Å². The van der Waals surface area contributed by atoms with E-state index >= 15 is 0 Å². The molecule has 4 nitrogen and oxygen atoms in total. The van der Waals surface area contributed by atoms with Crippen LogP contribution in [0.25, 0.3) is 0 Å². The number of nitrogens with zero attached hydrogens (tertiary/aromatic N) is 1. The van der Waals surface area contributed by atoms with Crippen LogP contribution in [-0.4, -0.2) is 18.2 Å². The number of carbonyl (C=O) groups excluding carboxylic acids is 1. The van der Waals surface area contributed by atoms with Crippen LogP contribution >= 0.6 is 0 Å². The molecule has 96 valence electrons. The summed E-state index contributed by atoms with van der Waals surface area (Å²) in [5.41, 5.74) is -0.487. The molecule has 1 N–H and O–H groups in total. The van der Waals surface area contributed by atoms with Crippen LogP contribution in [0.15, 0.2) is 0 Å². The van der Waals surface area contributed by atoms with Gasteiger partial charge in [-0.05, 0) is 39.5 Å². The maximum atomic E-state index is 11.5. The summed E-state index contributed by atoms with van der Waals surface area (Å²) in [7, 11) is 0. The summed E-state index contributed by atoms with van der Waals surface area (Å²) in [6, 6.07) is 2.29. The summed E-state index contributed by atoms with van der Waals surface area (Å²) in [5, 5.41) is 11.8. The predicted molar refractivity (Wildman–Crippen MR) is 65.3 cm³/mol. The zero-order chi connectivity index (χ0) is 12.9. The van der Waals surface area contributed by atoms with E-state index in [1.807, 2.05) is 20.8 Å². The Balaban J connectivity index is 2.33. The Labute approximate surface area is 103 Å². The van der Waals surface area contributed by atoms with Gasteiger partial charge in [0, 0.05) is 6.54 Å². The Morgan fingerprint density at radius 3 is 2.53 bits per heavy atom. The monoisotopic (exact) mass is 238 g/mol. The van der Waals surface area contributed by atoms with Gasteiger partial charge in [-0.3, -0.25) is 0 Å². The first-order chi connectivity index (χ1) is 7.92. The normalized spacial score (nSPS) is 18.5. The van der Waals surface area contributed by atoms with Crippen molar-refractivity contribution < 1.29 is 9.53 Å². The summed E-state index contributed by atoms with van der Waals surface area (Å²) >= 11 is 0. The second-order valence-electron chi connectivity index (χ2n) is 5.66. The van der Waals surface area contributed by atoms with Crippen molar-refractivity contribution in [3.63, 3.8) is 0 Å². The standard InChI is InChI=1S/C13H22N2O2/c1-13(2,3)17-12(16)15-9-11(8-14)10-6-4-5-7-10/h10-11H,4-7,9H2,1-3H3,(H,15,16). The second-order valence-corrected chi connectivity index (χ2v) is 5.66. The third-order valence-corrected chi connectivity index (χ3v) is 3.00. The molecule has 0 spiro atoms. The third-order valence-electron chi connectivity index (χ3n) is 3.00. The van der Waals surface area contributed by atoms with Gasteiger partial charge in [0.1, 0.15) is 5.60 Å². The van der Waals surface area contributed by atoms with Crippen molar-refractivity contribution in [2.24, 2.45) is 11.8 Å². The van der Waals surface area contributed by atoms with Gasteiger partial charge >= 0.3 is 6.09 Å². The molecule has 1 amide bonds. The van der Waals surface area contributed by atoms with Gasteiger partial charge in [-0.25, -0.2) is 4.79 Å². The van der Waals surface area contributed by atoms with Crippen LogP contribution in [0.2, 0.25) is 0 Å². The summed E-state index contributed by atoms with van der Waals surface area (Å²) in [4.78, 5) is 11.5. The van der Waals surface area contributed by atoms with E-state index in [0.29, 0.717) is 12.5 Å². The fraction of sp³-hybridized carbons (Fsp3) is 0.846. The van der Waals surface area contributed by atoms with E-state index in [-0.39, 0.29) is 5.92 Å². The molecule has 17 heavy (non-hydrogen) atoms. The minimum atomic E-state index is -0.487. The SMILES string of the molecule is CC(C)(C)OC(=O)NCC(C#N)C1CCCC1. The van der Waals surface area contributed by atoms with Crippen LogP contribution in [0.3, 0.4) is 0 Å². The molecule has 1 fully saturated rings. The van der Waals surface area contributed by atoms with Gasteiger partial charge in [-0.15, -0.1) is 0 Å². The number of nitrogens with one attached hydrogen (secondary N) is 1. The molecular weight excluding hydrogens is 216 g/mol. The minimum Gasteiger partial charge on any atom is -0.444 e. The van der Waals surface area contributed by atoms with Gasteiger partial charge < -0.3 is 10.1 Å². The molecule has 0 bridgehead atoms. The van der Waals surface area contributed by atoms with Gasteiger partial charge in [-0.2, -0.15) is 5.26 Å². The zero-order valence-corrected chi connectivity index (χ0v) is 11.0. The predicted octanol–water partition coefficient (Wildman–Crippen LogP) is 2.84. The molecule has 0 aromatic carbocycles. The fourth-order valence-electron chi connectivity index (χ4n) is 2.18. The molecule has 0 aliphatic heterocycles. The first-order valence-electron chi connectivity index (χ1n) is 6.29. The second kappa shape index (κ2) is 5.90. The first-order valence-corrected chi connectivity index (χ1v) is 6.29. The van der Waals surface area contributed by atoms with Crippen LogP contribution < -0.4 is 5.32 Å². The van der Waals surface area contributed by atoms with Crippen LogP contribution in [0.4, 0.5) is 4.79 Å². The highest BCUT2D eigenvalue weighted by Crippen LogP contribution is 2.30. The average molecular weight is 238 g/mol. The number of hydrogen-bond acceptors (Lipinski definition) is 3. The van der Waals surface area contributed by atoms with Crippen molar-refractivity contribution >= 4 is 6.09 Å². The molecule has 0 aromatic heterocycles. The smallest absolute Gasteiger partial charge is 0.407 e. The minimum absolute atomic E-state index is 0.0787. The highest BCUT2D eigenvalue weighted by molar-refractivity contribution is 5.67. The molecule has 4 heteroatoms. The van der Waals surface area contributed by atoms with Gasteiger partial charge in [-0.1, -0.05) is 12.8 Å². The van der Waals surface area contributed by atoms with Crippen LogP contribution in [0, 0.1) is 23.2 Å². The molecule has 1 rings (SSSR count). The molecule has 0 radical (unpaired) electrons. The topological polar surface area (TPSA) is 62.1 Å². The summed E-state index contributed by atoms with van der Waals surface area (Å²) < 4.78 is 5.14. The zero-order valence-electron chi connectivity index (χ0n) is 11.0. The van der Waals surface area contributed by atoms with E-state index < -0.39 is 11.7 Å². The van der Waals surface area contributed by atoms with Crippen molar-refractivity contribution in [3.05, 3.63) is 0 Å². The largest absolute Gasteiger partial charge is 0.444 e. The third kappa shape index (κ3) is 5.08. The lowest BCUT2D eigenvalue weighted by molar-refractivity contribution is 0.0519. The van der Waals surface area contributed by atoms with Gasteiger partial charge in [0.05, 0.1) is 12.0 Å². The van der Waals surface area contributed by atoms with Crippen LogP contribution in [0.5, 0.6) is 0 Å². The molecular formula is C13H22N2O2. The lowest BCUT2D eigenvalue weighted by atomic mass is 9.92. The van der Waals surface area contributed by atoms with E-state index in [2.05, 4.69) is 11.4 Å². The van der Waals surface area contributed by atoms with Crippen LogP contribution in [0.1, 0.15) is 46.5 Å². The van der Waals surface area contributed by atoms with Gasteiger partial charge in [0.2, 0.25) is 0 Å².